The highest BCUT2D eigenvalue weighted by Crippen LogP contribution is 2.32. The zero-order valence-electron chi connectivity index (χ0n) is 14.6. The summed E-state index contributed by atoms with van der Waals surface area (Å²) in [7, 11) is 0. The molecule has 2 aromatic rings. The summed E-state index contributed by atoms with van der Waals surface area (Å²) < 4.78 is 1.46. The van der Waals surface area contributed by atoms with Crippen LogP contribution in [0.5, 0.6) is 0 Å². The Morgan fingerprint density at radius 1 is 1.12 bits per heavy atom. The maximum absolute atomic E-state index is 13.0. The van der Waals surface area contributed by atoms with Gasteiger partial charge in [0.05, 0.1) is 0 Å². The summed E-state index contributed by atoms with van der Waals surface area (Å²) in [6, 6.07) is 5.68. The lowest BCUT2D eigenvalue weighted by atomic mass is 9.84. The second-order valence-corrected chi connectivity index (χ2v) is 7.44. The fraction of sp³-hybridized carbons (Fsp3) is 0.550. The van der Waals surface area contributed by atoms with Crippen LogP contribution in [0.1, 0.15) is 61.7 Å². The zero-order valence-corrected chi connectivity index (χ0v) is 14.6. The molecule has 1 saturated carbocycles. The van der Waals surface area contributed by atoms with E-state index in [-0.39, 0.29) is 23.1 Å². The molecule has 4 rings (SSSR count). The Morgan fingerprint density at radius 2 is 1.96 bits per heavy atom. The monoisotopic (exact) mass is 339 g/mol. The van der Waals surface area contributed by atoms with Crippen molar-refractivity contribution in [2.24, 2.45) is 5.92 Å². The minimum Gasteiger partial charge on any atom is -0.335 e. The summed E-state index contributed by atoms with van der Waals surface area (Å²) in [5.41, 5.74) is 0.502. The van der Waals surface area contributed by atoms with E-state index in [2.05, 4.69) is 4.98 Å². The number of hydrogen-bond acceptors (Lipinski definition) is 3. The number of aromatic nitrogens is 2. The average Bonchev–Trinajstić information content (AvgIpc) is 3.11. The molecule has 1 aliphatic heterocycles. The van der Waals surface area contributed by atoms with Crippen LogP contribution in [0.15, 0.2) is 35.4 Å². The summed E-state index contributed by atoms with van der Waals surface area (Å²) in [5, 5.41) is 0. The first-order valence-electron chi connectivity index (χ1n) is 9.51. The number of fused-ring (bicyclic) bond motifs is 1. The second kappa shape index (κ2) is 6.98. The largest absolute Gasteiger partial charge is 0.335 e. The summed E-state index contributed by atoms with van der Waals surface area (Å²) in [6.07, 6.45) is 12.9. The van der Waals surface area contributed by atoms with E-state index in [4.69, 9.17) is 0 Å². The molecule has 0 bridgehead atoms. The summed E-state index contributed by atoms with van der Waals surface area (Å²) in [5.74, 6) is 0.594. The number of amides is 1. The van der Waals surface area contributed by atoms with Crippen molar-refractivity contribution in [3.8, 4) is 0 Å². The van der Waals surface area contributed by atoms with Crippen molar-refractivity contribution in [3.63, 3.8) is 0 Å². The van der Waals surface area contributed by atoms with Gasteiger partial charge in [0.25, 0.3) is 11.5 Å². The molecule has 1 aliphatic carbocycles. The quantitative estimate of drug-likeness (QED) is 0.862. The first-order chi connectivity index (χ1) is 12.2. The molecule has 3 heterocycles. The number of nitrogens with zero attached hydrogens (tertiary/aromatic N) is 3. The summed E-state index contributed by atoms with van der Waals surface area (Å²) >= 11 is 0. The first kappa shape index (κ1) is 16.3. The summed E-state index contributed by atoms with van der Waals surface area (Å²) in [6.45, 7) is 0.757. The lowest BCUT2D eigenvalue weighted by molar-refractivity contribution is 0.0709. The number of rotatable bonds is 3. The van der Waals surface area contributed by atoms with Crippen LogP contribution in [0.3, 0.4) is 0 Å². The van der Waals surface area contributed by atoms with Crippen molar-refractivity contribution in [2.45, 2.75) is 57.4 Å². The molecule has 5 heteroatoms. The van der Waals surface area contributed by atoms with Gasteiger partial charge in [-0.05, 0) is 37.3 Å². The molecular weight excluding hydrogens is 314 g/mol. The minimum absolute atomic E-state index is 0.144. The Kier molecular flexibility index (Phi) is 4.55. The van der Waals surface area contributed by atoms with Crippen LogP contribution in [-0.4, -0.2) is 32.8 Å². The van der Waals surface area contributed by atoms with Gasteiger partial charge >= 0.3 is 0 Å². The second-order valence-electron chi connectivity index (χ2n) is 7.44. The van der Waals surface area contributed by atoms with E-state index in [0.29, 0.717) is 5.65 Å². The van der Waals surface area contributed by atoms with Crippen molar-refractivity contribution in [1.29, 1.82) is 0 Å². The summed E-state index contributed by atoms with van der Waals surface area (Å²) in [4.78, 5) is 32.0. The highest BCUT2D eigenvalue weighted by Gasteiger charge is 2.32. The molecule has 0 spiro atoms. The van der Waals surface area contributed by atoms with E-state index in [1.807, 2.05) is 11.0 Å². The Morgan fingerprint density at radius 3 is 2.80 bits per heavy atom. The van der Waals surface area contributed by atoms with Gasteiger partial charge in [-0.1, -0.05) is 38.2 Å². The van der Waals surface area contributed by atoms with Gasteiger partial charge in [-0.2, -0.15) is 0 Å². The van der Waals surface area contributed by atoms with Crippen LogP contribution in [-0.2, 0) is 0 Å². The Labute approximate surface area is 147 Å². The van der Waals surface area contributed by atoms with Crippen LogP contribution < -0.4 is 5.56 Å². The molecule has 0 N–H and O–H groups in total. The van der Waals surface area contributed by atoms with Gasteiger partial charge in [0, 0.05) is 25.0 Å². The van der Waals surface area contributed by atoms with E-state index in [9.17, 15) is 9.59 Å². The molecule has 5 nitrogen and oxygen atoms in total. The fourth-order valence-electron chi connectivity index (χ4n) is 4.48. The number of likely N-dealkylation sites (tertiary alicyclic amines) is 1. The SMILES string of the molecule is O=C(c1cnc2ccccn2c1=O)N1CCC[C@@H]1CC1CCCCC1. The van der Waals surface area contributed by atoms with Gasteiger partial charge in [0.1, 0.15) is 11.2 Å². The number of pyridine rings is 1. The highest BCUT2D eigenvalue weighted by atomic mass is 16.2. The average molecular weight is 339 g/mol. The van der Waals surface area contributed by atoms with Gasteiger partial charge in [-0.3, -0.25) is 14.0 Å². The molecule has 1 saturated heterocycles. The standard InChI is InChI=1S/C20H25N3O2/c24-19(17-14-21-18-10-4-5-11-23(18)20(17)25)22-12-6-9-16(22)13-15-7-2-1-3-8-15/h4-5,10-11,14-16H,1-3,6-9,12-13H2/t16-/m1/s1. The highest BCUT2D eigenvalue weighted by molar-refractivity contribution is 5.94. The third-order valence-corrected chi connectivity index (χ3v) is 5.81. The molecule has 0 unspecified atom stereocenters. The van der Waals surface area contributed by atoms with E-state index >= 15 is 0 Å². The van der Waals surface area contributed by atoms with Crippen LogP contribution in [0.25, 0.3) is 5.65 Å². The van der Waals surface area contributed by atoms with Crippen LogP contribution in [0, 0.1) is 5.92 Å². The molecule has 132 valence electrons. The topological polar surface area (TPSA) is 54.7 Å². The smallest absolute Gasteiger partial charge is 0.270 e. The maximum Gasteiger partial charge on any atom is 0.270 e. The van der Waals surface area contributed by atoms with Crippen molar-refractivity contribution >= 4 is 11.6 Å². The Bertz CT molecular complexity index is 823. The number of carbonyl (C=O) groups is 1. The molecule has 25 heavy (non-hydrogen) atoms. The predicted molar refractivity (Wildman–Crippen MR) is 96.7 cm³/mol. The van der Waals surface area contributed by atoms with E-state index < -0.39 is 0 Å². The first-order valence-corrected chi connectivity index (χ1v) is 9.51. The molecule has 1 amide bonds. The van der Waals surface area contributed by atoms with Crippen molar-refractivity contribution in [2.75, 3.05) is 6.54 Å². The van der Waals surface area contributed by atoms with E-state index in [0.717, 1.165) is 31.7 Å². The maximum atomic E-state index is 13.0. The normalized spacial score (nSPS) is 21.8. The lowest BCUT2D eigenvalue weighted by Crippen LogP contribution is -2.40. The van der Waals surface area contributed by atoms with Crippen molar-refractivity contribution in [1.82, 2.24) is 14.3 Å². The van der Waals surface area contributed by atoms with Gasteiger partial charge in [0.2, 0.25) is 0 Å². The predicted octanol–water partition coefficient (Wildman–Crippen LogP) is 3.27. The van der Waals surface area contributed by atoms with Crippen LogP contribution in [0.4, 0.5) is 0 Å². The van der Waals surface area contributed by atoms with E-state index in [1.54, 1.807) is 18.3 Å². The molecule has 2 aromatic heterocycles. The number of hydrogen-bond donors (Lipinski definition) is 0. The van der Waals surface area contributed by atoms with Gasteiger partial charge in [-0.15, -0.1) is 0 Å². The van der Waals surface area contributed by atoms with Crippen molar-refractivity contribution < 1.29 is 4.79 Å². The molecule has 0 aromatic carbocycles. The van der Waals surface area contributed by atoms with Crippen molar-refractivity contribution in [3.05, 3.63) is 46.5 Å². The molecule has 0 radical (unpaired) electrons. The van der Waals surface area contributed by atoms with Crippen LogP contribution in [0.2, 0.25) is 0 Å². The van der Waals surface area contributed by atoms with Crippen LogP contribution >= 0.6 is 0 Å². The lowest BCUT2D eigenvalue weighted by Gasteiger charge is -2.30. The fourth-order valence-corrected chi connectivity index (χ4v) is 4.48. The third kappa shape index (κ3) is 3.20. The molecule has 2 fully saturated rings. The van der Waals surface area contributed by atoms with Gasteiger partial charge < -0.3 is 4.90 Å². The molecule has 2 aliphatic rings. The molecule has 1 atom stereocenters. The molecular formula is C20H25N3O2. The number of carbonyl (C=O) groups excluding carboxylic acids is 1. The minimum atomic E-state index is -0.265. The Balaban J connectivity index is 1.57. The van der Waals surface area contributed by atoms with E-state index in [1.165, 1.54) is 42.7 Å². The van der Waals surface area contributed by atoms with Gasteiger partial charge in [-0.25, -0.2) is 4.98 Å². The Hall–Kier alpha value is -2.17. The third-order valence-electron chi connectivity index (χ3n) is 5.81. The van der Waals surface area contributed by atoms with Gasteiger partial charge in [0.15, 0.2) is 0 Å². The zero-order chi connectivity index (χ0) is 17.2.